The third kappa shape index (κ3) is 3.33. The van der Waals surface area contributed by atoms with E-state index in [0.717, 1.165) is 11.1 Å². The maximum absolute atomic E-state index is 11.6. The Hall–Kier alpha value is -1.83. The van der Waals surface area contributed by atoms with Crippen LogP contribution in [0.2, 0.25) is 0 Å². The van der Waals surface area contributed by atoms with E-state index in [4.69, 9.17) is 10.5 Å². The molecule has 1 aromatic carbocycles. The monoisotopic (exact) mass is 244 g/mol. The van der Waals surface area contributed by atoms with Crippen LogP contribution in [-0.2, 0) is 16.1 Å². The van der Waals surface area contributed by atoms with Crippen LogP contribution in [0.15, 0.2) is 24.3 Å². The molecule has 0 unspecified atom stereocenters. The Labute approximate surface area is 107 Å². The summed E-state index contributed by atoms with van der Waals surface area (Å²) in [6, 6.07) is 7.87. The van der Waals surface area contributed by atoms with Crippen molar-refractivity contribution in [2.24, 2.45) is 5.73 Å². The van der Waals surface area contributed by atoms with Crippen molar-refractivity contribution >= 4 is 5.91 Å². The lowest BCUT2D eigenvalue weighted by Crippen LogP contribution is -2.40. The molecule has 1 aromatic rings. The Bertz CT molecular complexity index is 471. The molecule has 1 saturated heterocycles. The van der Waals surface area contributed by atoms with Crippen LogP contribution in [0.25, 0.3) is 0 Å². The molecule has 0 radical (unpaired) electrons. The lowest BCUT2D eigenvalue weighted by molar-refractivity contribution is -0.143. The van der Waals surface area contributed by atoms with Crippen molar-refractivity contribution in [3.8, 4) is 11.8 Å². The van der Waals surface area contributed by atoms with Gasteiger partial charge in [-0.25, -0.2) is 0 Å². The van der Waals surface area contributed by atoms with E-state index in [9.17, 15) is 4.79 Å². The van der Waals surface area contributed by atoms with E-state index in [2.05, 4.69) is 11.8 Å². The van der Waals surface area contributed by atoms with Crippen molar-refractivity contribution in [1.29, 1.82) is 0 Å². The number of morpholine rings is 1. The van der Waals surface area contributed by atoms with E-state index in [1.807, 2.05) is 29.2 Å². The lowest BCUT2D eigenvalue weighted by atomic mass is 10.1. The van der Waals surface area contributed by atoms with Crippen LogP contribution in [0.3, 0.4) is 0 Å². The number of ether oxygens (including phenoxy) is 1. The average molecular weight is 244 g/mol. The maximum Gasteiger partial charge on any atom is 0.248 e. The number of rotatable bonds is 2. The molecule has 1 aliphatic heterocycles. The third-order valence-corrected chi connectivity index (χ3v) is 2.75. The molecule has 0 atom stereocenters. The number of hydrogen-bond acceptors (Lipinski definition) is 3. The number of hydrogen-bond donors (Lipinski definition) is 1. The zero-order valence-electron chi connectivity index (χ0n) is 10.2. The van der Waals surface area contributed by atoms with E-state index in [1.54, 1.807) is 0 Å². The molecule has 0 spiro atoms. The third-order valence-electron chi connectivity index (χ3n) is 2.75. The minimum atomic E-state index is 0.0493. The molecule has 1 amide bonds. The molecule has 4 heteroatoms. The van der Waals surface area contributed by atoms with Gasteiger partial charge in [0, 0.05) is 18.7 Å². The summed E-state index contributed by atoms with van der Waals surface area (Å²) in [5, 5.41) is 0. The van der Waals surface area contributed by atoms with Gasteiger partial charge in [0.2, 0.25) is 5.91 Å². The number of benzene rings is 1. The minimum Gasteiger partial charge on any atom is -0.370 e. The minimum absolute atomic E-state index is 0.0493. The van der Waals surface area contributed by atoms with Gasteiger partial charge in [-0.2, -0.15) is 0 Å². The van der Waals surface area contributed by atoms with Gasteiger partial charge in [-0.05, 0) is 17.7 Å². The first-order valence-electron chi connectivity index (χ1n) is 5.93. The maximum atomic E-state index is 11.6. The molecule has 0 saturated carbocycles. The van der Waals surface area contributed by atoms with Crippen molar-refractivity contribution in [3.05, 3.63) is 35.4 Å². The molecule has 0 aromatic heterocycles. The molecule has 0 bridgehead atoms. The highest BCUT2D eigenvalue weighted by Gasteiger charge is 2.18. The van der Waals surface area contributed by atoms with Crippen LogP contribution in [0.5, 0.6) is 0 Å². The largest absolute Gasteiger partial charge is 0.370 e. The first-order valence-corrected chi connectivity index (χ1v) is 5.93. The van der Waals surface area contributed by atoms with Crippen molar-refractivity contribution in [3.63, 3.8) is 0 Å². The number of carbonyl (C=O) groups is 1. The topological polar surface area (TPSA) is 55.6 Å². The van der Waals surface area contributed by atoms with Crippen molar-refractivity contribution in [2.75, 3.05) is 26.3 Å². The Morgan fingerprint density at radius 1 is 1.33 bits per heavy atom. The Kier molecular flexibility index (Phi) is 4.35. The van der Waals surface area contributed by atoms with E-state index in [0.29, 0.717) is 26.2 Å². The summed E-state index contributed by atoms with van der Waals surface area (Å²) in [5.74, 6) is 5.83. The van der Waals surface area contributed by atoms with Crippen molar-refractivity contribution in [2.45, 2.75) is 6.54 Å². The molecule has 0 aliphatic carbocycles. The summed E-state index contributed by atoms with van der Waals surface area (Å²) >= 11 is 0. The first kappa shape index (κ1) is 12.6. The van der Waals surface area contributed by atoms with E-state index >= 15 is 0 Å². The summed E-state index contributed by atoms with van der Waals surface area (Å²) in [6.07, 6.45) is 0. The molecular weight excluding hydrogens is 228 g/mol. The lowest BCUT2D eigenvalue weighted by Gasteiger charge is -2.26. The smallest absolute Gasteiger partial charge is 0.248 e. The normalized spacial score (nSPS) is 15.2. The van der Waals surface area contributed by atoms with Gasteiger partial charge in [0.25, 0.3) is 0 Å². The predicted octanol–water partition coefficient (Wildman–Crippen LogP) is 0.356. The van der Waals surface area contributed by atoms with Crippen LogP contribution in [0.4, 0.5) is 0 Å². The van der Waals surface area contributed by atoms with Crippen LogP contribution in [0, 0.1) is 11.8 Å². The Balaban J connectivity index is 1.99. The molecule has 1 fully saturated rings. The van der Waals surface area contributed by atoms with Gasteiger partial charge in [-0.1, -0.05) is 24.0 Å². The standard InChI is InChI=1S/C14H16N2O2/c15-7-1-2-12-3-5-13(6-4-12)10-16-8-9-18-11-14(16)17/h3-6H,7-11,15H2. The molecular formula is C14H16N2O2. The molecule has 18 heavy (non-hydrogen) atoms. The molecule has 1 heterocycles. The fourth-order valence-corrected chi connectivity index (χ4v) is 1.78. The Morgan fingerprint density at radius 2 is 2.11 bits per heavy atom. The highest BCUT2D eigenvalue weighted by atomic mass is 16.5. The van der Waals surface area contributed by atoms with Crippen LogP contribution in [0.1, 0.15) is 11.1 Å². The first-order chi connectivity index (χ1) is 8.79. The summed E-state index contributed by atoms with van der Waals surface area (Å²) in [7, 11) is 0. The van der Waals surface area contributed by atoms with Gasteiger partial charge in [-0.15, -0.1) is 0 Å². The summed E-state index contributed by atoms with van der Waals surface area (Å²) in [5.41, 5.74) is 7.36. The second-order valence-corrected chi connectivity index (χ2v) is 4.07. The van der Waals surface area contributed by atoms with Gasteiger partial charge >= 0.3 is 0 Å². The van der Waals surface area contributed by atoms with Crippen molar-refractivity contribution < 1.29 is 9.53 Å². The second kappa shape index (κ2) is 6.20. The zero-order valence-corrected chi connectivity index (χ0v) is 10.2. The highest BCUT2D eigenvalue weighted by molar-refractivity contribution is 5.78. The summed E-state index contributed by atoms with van der Waals surface area (Å²) in [4.78, 5) is 13.4. The number of amides is 1. The van der Waals surface area contributed by atoms with Gasteiger partial charge < -0.3 is 15.4 Å². The van der Waals surface area contributed by atoms with Crippen LogP contribution >= 0.6 is 0 Å². The van der Waals surface area contributed by atoms with Gasteiger partial charge in [0.15, 0.2) is 0 Å². The van der Waals surface area contributed by atoms with Crippen LogP contribution in [-0.4, -0.2) is 37.1 Å². The molecule has 2 rings (SSSR count). The zero-order chi connectivity index (χ0) is 12.8. The fourth-order valence-electron chi connectivity index (χ4n) is 1.78. The quantitative estimate of drug-likeness (QED) is 0.764. The number of carbonyl (C=O) groups excluding carboxylic acids is 1. The summed E-state index contributed by atoms with van der Waals surface area (Å²) < 4.78 is 5.09. The number of nitrogens with zero attached hydrogens (tertiary/aromatic N) is 1. The molecule has 4 nitrogen and oxygen atoms in total. The fraction of sp³-hybridized carbons (Fsp3) is 0.357. The van der Waals surface area contributed by atoms with E-state index < -0.39 is 0 Å². The Morgan fingerprint density at radius 3 is 2.78 bits per heavy atom. The average Bonchev–Trinajstić information content (AvgIpc) is 2.41. The predicted molar refractivity (Wildman–Crippen MR) is 68.6 cm³/mol. The van der Waals surface area contributed by atoms with E-state index in [1.165, 1.54) is 0 Å². The van der Waals surface area contributed by atoms with Gasteiger partial charge in [-0.3, -0.25) is 4.79 Å². The van der Waals surface area contributed by atoms with Gasteiger partial charge in [0.05, 0.1) is 13.2 Å². The second-order valence-electron chi connectivity index (χ2n) is 4.07. The summed E-state index contributed by atoms with van der Waals surface area (Å²) in [6.45, 7) is 2.47. The SMILES string of the molecule is NCC#Cc1ccc(CN2CCOCC2=O)cc1. The molecule has 1 aliphatic rings. The van der Waals surface area contributed by atoms with Gasteiger partial charge in [0.1, 0.15) is 6.61 Å². The van der Waals surface area contributed by atoms with E-state index in [-0.39, 0.29) is 12.5 Å². The molecule has 94 valence electrons. The molecule has 2 N–H and O–H groups in total. The number of nitrogens with two attached hydrogens (primary N) is 1. The van der Waals surface area contributed by atoms with Crippen LogP contribution < -0.4 is 5.73 Å². The van der Waals surface area contributed by atoms with Crippen molar-refractivity contribution in [1.82, 2.24) is 4.90 Å². The highest BCUT2D eigenvalue weighted by Crippen LogP contribution is 2.09.